The fourth-order valence-corrected chi connectivity index (χ4v) is 4.29. The number of nitrogens with one attached hydrogen (secondary N) is 1. The Labute approximate surface area is 170 Å². The van der Waals surface area contributed by atoms with Crippen LogP contribution in [0.3, 0.4) is 0 Å². The lowest BCUT2D eigenvalue weighted by atomic mass is 10.1. The van der Waals surface area contributed by atoms with Crippen molar-refractivity contribution in [2.45, 2.75) is 58.7 Å². The molecule has 0 aliphatic carbocycles. The molecule has 1 N–H and O–H groups in total. The van der Waals surface area contributed by atoms with Crippen molar-refractivity contribution in [3.05, 3.63) is 51.7 Å². The van der Waals surface area contributed by atoms with Crippen molar-refractivity contribution in [3.63, 3.8) is 0 Å². The maximum atomic E-state index is 13.3. The molecular formula is C22H28N2O3S. The van der Waals surface area contributed by atoms with E-state index < -0.39 is 6.04 Å². The molecule has 28 heavy (non-hydrogen) atoms. The van der Waals surface area contributed by atoms with Crippen LogP contribution in [0, 0.1) is 6.92 Å². The smallest absolute Gasteiger partial charge is 0.265 e. The summed E-state index contributed by atoms with van der Waals surface area (Å²) in [5.41, 5.74) is 1.94. The predicted molar refractivity (Wildman–Crippen MR) is 112 cm³/mol. The molecule has 1 aliphatic heterocycles. The normalized spacial score (nSPS) is 17.1. The number of ether oxygens (including phenoxy) is 1. The minimum Gasteiger partial charge on any atom is -0.491 e. The van der Waals surface area contributed by atoms with Crippen LogP contribution < -0.4 is 10.1 Å². The zero-order valence-electron chi connectivity index (χ0n) is 16.7. The Balaban J connectivity index is 1.86. The van der Waals surface area contributed by atoms with Crippen molar-refractivity contribution in [1.82, 2.24) is 10.2 Å². The standard InChI is InChI=1S/C22H28N2O3S/c1-15(2)27-18-9-7-17(8-10-18)14-24(19-6-4-5-12-23-21(19)25)22(26)20-16(3)11-13-28-20/h7-11,13,15,19H,4-6,12,14H2,1-3H3,(H,23,25)/t19-/m0/s1. The topological polar surface area (TPSA) is 58.6 Å². The molecule has 6 heteroatoms. The molecule has 0 radical (unpaired) electrons. The first-order valence-electron chi connectivity index (χ1n) is 9.84. The van der Waals surface area contributed by atoms with Crippen LogP contribution in [0.4, 0.5) is 0 Å². The summed E-state index contributed by atoms with van der Waals surface area (Å²) in [6.07, 6.45) is 2.68. The number of carbonyl (C=O) groups excluding carboxylic acids is 2. The van der Waals surface area contributed by atoms with E-state index in [0.717, 1.165) is 29.7 Å². The Morgan fingerprint density at radius 2 is 2.00 bits per heavy atom. The molecule has 0 spiro atoms. The second kappa shape index (κ2) is 9.24. The van der Waals surface area contributed by atoms with Gasteiger partial charge in [-0.1, -0.05) is 12.1 Å². The van der Waals surface area contributed by atoms with Crippen LogP contribution in [0.15, 0.2) is 35.7 Å². The largest absolute Gasteiger partial charge is 0.491 e. The first kappa shape index (κ1) is 20.4. The number of carbonyl (C=O) groups is 2. The fourth-order valence-electron chi connectivity index (χ4n) is 3.41. The number of benzene rings is 1. The van der Waals surface area contributed by atoms with Gasteiger partial charge in [0.15, 0.2) is 0 Å². The zero-order chi connectivity index (χ0) is 20.1. The lowest BCUT2D eigenvalue weighted by Gasteiger charge is -2.30. The highest BCUT2D eigenvalue weighted by Gasteiger charge is 2.32. The summed E-state index contributed by atoms with van der Waals surface area (Å²) in [4.78, 5) is 28.4. The Bertz CT molecular complexity index is 813. The molecule has 1 aromatic heterocycles. The van der Waals surface area contributed by atoms with Gasteiger partial charge in [-0.25, -0.2) is 0 Å². The molecule has 2 heterocycles. The summed E-state index contributed by atoms with van der Waals surface area (Å²) >= 11 is 1.43. The summed E-state index contributed by atoms with van der Waals surface area (Å²) in [5.74, 6) is 0.676. The molecule has 0 unspecified atom stereocenters. The van der Waals surface area contributed by atoms with E-state index in [9.17, 15) is 9.59 Å². The van der Waals surface area contributed by atoms with Crippen molar-refractivity contribution >= 4 is 23.2 Å². The SMILES string of the molecule is Cc1ccsc1C(=O)N(Cc1ccc(OC(C)C)cc1)[C@H]1CCCCNC1=O. The van der Waals surface area contributed by atoms with Crippen LogP contribution in [-0.4, -0.2) is 35.4 Å². The molecule has 3 rings (SSSR count). The minimum absolute atomic E-state index is 0.0557. The number of nitrogens with zero attached hydrogens (tertiary/aromatic N) is 1. The zero-order valence-corrected chi connectivity index (χ0v) is 17.6. The predicted octanol–water partition coefficient (Wildman–Crippen LogP) is 4.15. The molecule has 1 aliphatic rings. The molecule has 0 bridgehead atoms. The second-order valence-corrected chi connectivity index (χ2v) is 8.40. The van der Waals surface area contributed by atoms with E-state index in [1.807, 2.05) is 56.5 Å². The van der Waals surface area contributed by atoms with Gasteiger partial charge in [0.2, 0.25) is 5.91 Å². The Morgan fingerprint density at radius 1 is 1.25 bits per heavy atom. The third-order valence-corrected chi connectivity index (χ3v) is 5.85. The highest BCUT2D eigenvalue weighted by molar-refractivity contribution is 7.12. The maximum absolute atomic E-state index is 13.3. The van der Waals surface area contributed by atoms with Crippen LogP contribution in [0.2, 0.25) is 0 Å². The Hall–Kier alpha value is -2.34. The van der Waals surface area contributed by atoms with Crippen LogP contribution in [0.25, 0.3) is 0 Å². The number of hydrogen-bond donors (Lipinski definition) is 1. The summed E-state index contributed by atoms with van der Waals surface area (Å²) in [7, 11) is 0. The summed E-state index contributed by atoms with van der Waals surface area (Å²) in [5, 5.41) is 4.88. The van der Waals surface area contributed by atoms with Gasteiger partial charge < -0.3 is 15.0 Å². The fraction of sp³-hybridized carbons (Fsp3) is 0.455. The van der Waals surface area contributed by atoms with Gasteiger partial charge in [0, 0.05) is 13.1 Å². The van der Waals surface area contributed by atoms with Gasteiger partial charge in [-0.2, -0.15) is 0 Å². The van der Waals surface area contributed by atoms with Gasteiger partial charge in [0.05, 0.1) is 11.0 Å². The highest BCUT2D eigenvalue weighted by Crippen LogP contribution is 2.24. The monoisotopic (exact) mass is 400 g/mol. The number of hydrogen-bond acceptors (Lipinski definition) is 4. The van der Waals surface area contributed by atoms with E-state index in [1.165, 1.54) is 11.3 Å². The molecule has 1 atom stereocenters. The van der Waals surface area contributed by atoms with Gasteiger partial charge in [0.1, 0.15) is 11.8 Å². The minimum atomic E-state index is -0.442. The number of rotatable bonds is 6. The van der Waals surface area contributed by atoms with E-state index in [0.29, 0.717) is 24.4 Å². The van der Waals surface area contributed by atoms with Crippen molar-refractivity contribution in [1.29, 1.82) is 0 Å². The van der Waals surface area contributed by atoms with E-state index in [2.05, 4.69) is 5.32 Å². The number of aryl methyl sites for hydroxylation is 1. The lowest BCUT2D eigenvalue weighted by molar-refractivity contribution is -0.125. The lowest BCUT2D eigenvalue weighted by Crippen LogP contribution is -2.48. The van der Waals surface area contributed by atoms with Gasteiger partial charge in [-0.05, 0) is 74.7 Å². The van der Waals surface area contributed by atoms with Crippen LogP contribution in [0.1, 0.15) is 53.9 Å². The molecule has 2 amide bonds. The average Bonchev–Trinajstić information content (AvgIpc) is 2.97. The Kier molecular flexibility index (Phi) is 6.73. The van der Waals surface area contributed by atoms with E-state index in [1.54, 1.807) is 4.90 Å². The van der Waals surface area contributed by atoms with E-state index in [-0.39, 0.29) is 17.9 Å². The quantitative estimate of drug-likeness (QED) is 0.792. The number of thiophene rings is 1. The third kappa shape index (κ3) is 4.93. The van der Waals surface area contributed by atoms with Crippen molar-refractivity contribution in [2.75, 3.05) is 6.54 Å². The first-order chi connectivity index (χ1) is 13.5. The van der Waals surface area contributed by atoms with E-state index in [4.69, 9.17) is 4.74 Å². The van der Waals surface area contributed by atoms with Gasteiger partial charge >= 0.3 is 0 Å². The molecule has 1 saturated heterocycles. The molecular weight excluding hydrogens is 372 g/mol. The third-order valence-electron chi connectivity index (χ3n) is 4.85. The van der Waals surface area contributed by atoms with Crippen molar-refractivity contribution < 1.29 is 14.3 Å². The first-order valence-corrected chi connectivity index (χ1v) is 10.7. The maximum Gasteiger partial charge on any atom is 0.265 e. The van der Waals surface area contributed by atoms with Crippen molar-refractivity contribution in [2.24, 2.45) is 0 Å². The summed E-state index contributed by atoms with van der Waals surface area (Å²) in [6.45, 7) is 6.99. The van der Waals surface area contributed by atoms with Gasteiger partial charge in [-0.3, -0.25) is 9.59 Å². The summed E-state index contributed by atoms with van der Waals surface area (Å²) < 4.78 is 5.70. The van der Waals surface area contributed by atoms with Gasteiger partial charge in [0.25, 0.3) is 5.91 Å². The average molecular weight is 401 g/mol. The molecule has 1 aromatic carbocycles. The van der Waals surface area contributed by atoms with Crippen LogP contribution >= 0.6 is 11.3 Å². The summed E-state index contributed by atoms with van der Waals surface area (Å²) in [6, 6.07) is 9.27. The Morgan fingerprint density at radius 3 is 2.64 bits per heavy atom. The van der Waals surface area contributed by atoms with E-state index >= 15 is 0 Å². The molecule has 0 saturated carbocycles. The molecule has 5 nitrogen and oxygen atoms in total. The van der Waals surface area contributed by atoms with Crippen LogP contribution in [0.5, 0.6) is 5.75 Å². The molecule has 1 fully saturated rings. The molecule has 150 valence electrons. The van der Waals surface area contributed by atoms with Crippen molar-refractivity contribution in [3.8, 4) is 5.75 Å². The second-order valence-electron chi connectivity index (χ2n) is 7.48. The highest BCUT2D eigenvalue weighted by atomic mass is 32.1. The molecule has 2 aromatic rings. The number of amides is 2. The van der Waals surface area contributed by atoms with Crippen LogP contribution in [-0.2, 0) is 11.3 Å². The van der Waals surface area contributed by atoms with Gasteiger partial charge in [-0.15, -0.1) is 11.3 Å².